The highest BCUT2D eigenvalue weighted by molar-refractivity contribution is 7.25. The molecule has 0 amide bonds. The van der Waals surface area contributed by atoms with Crippen molar-refractivity contribution >= 4 is 92.4 Å². The van der Waals surface area contributed by atoms with Gasteiger partial charge in [0, 0.05) is 48.1 Å². The van der Waals surface area contributed by atoms with Gasteiger partial charge in [0.25, 0.3) is 0 Å². The van der Waals surface area contributed by atoms with Gasteiger partial charge in [-0.15, -0.1) is 11.3 Å². The van der Waals surface area contributed by atoms with E-state index in [-0.39, 0.29) is 0 Å². The van der Waals surface area contributed by atoms with Crippen molar-refractivity contribution in [2.24, 2.45) is 0 Å². The molecule has 0 N–H and O–H groups in total. The molecule has 5 aromatic heterocycles. The van der Waals surface area contributed by atoms with Gasteiger partial charge in [-0.25, -0.2) is 9.97 Å². The quantitative estimate of drug-likeness (QED) is 0.176. The predicted octanol–water partition coefficient (Wildman–Crippen LogP) is 13.6. The van der Waals surface area contributed by atoms with Gasteiger partial charge in [0.15, 0.2) is 11.6 Å². The Bertz CT molecular complexity index is 3810. The normalized spacial score (nSPS) is 13.3. The van der Waals surface area contributed by atoms with Crippen LogP contribution in [-0.4, -0.2) is 23.7 Å². The van der Waals surface area contributed by atoms with Crippen LogP contribution in [0.1, 0.15) is 17.7 Å². The van der Waals surface area contributed by atoms with E-state index in [4.69, 9.17) is 9.97 Å². The van der Waals surface area contributed by atoms with Gasteiger partial charge in [0.1, 0.15) is 10.3 Å². The molecule has 0 atom stereocenters. The molecule has 270 valence electrons. The minimum absolute atomic E-state index is 0.827. The predicted molar refractivity (Wildman–Crippen MR) is 242 cm³/mol. The second kappa shape index (κ2) is 11.2. The molecule has 58 heavy (non-hydrogen) atoms. The first-order chi connectivity index (χ1) is 28.8. The minimum atomic E-state index is 0.827. The maximum Gasteiger partial charge on any atom is 0.183 e. The van der Waals surface area contributed by atoms with Crippen LogP contribution in [0, 0.1) is 0 Å². The maximum atomic E-state index is 5.75. The molecule has 5 nitrogen and oxygen atoms in total. The number of fused-ring (bicyclic) bond motifs is 18. The Morgan fingerprint density at radius 3 is 1.98 bits per heavy atom. The summed E-state index contributed by atoms with van der Waals surface area (Å²) in [4.78, 5) is 12.4. The SMILES string of the molecule is C1=Cc2c(c3ccccc3n2-c2nc3c(nc2-n2c4ccccc4c4c5c6c(cc42)c2ccccc2n6-c2ccccc2-c2ccccc2-5)sc2ccccc23)CC1. The molecule has 2 aliphatic rings. The summed E-state index contributed by atoms with van der Waals surface area (Å²) in [6.07, 6.45) is 6.62. The van der Waals surface area contributed by atoms with Gasteiger partial charge in [-0.2, -0.15) is 0 Å². The second-order valence-electron chi connectivity index (χ2n) is 15.6. The van der Waals surface area contributed by atoms with Crippen molar-refractivity contribution in [1.82, 2.24) is 23.7 Å². The Hall–Kier alpha value is -7.28. The topological polar surface area (TPSA) is 40.6 Å². The van der Waals surface area contributed by atoms with Crippen LogP contribution in [0.3, 0.4) is 0 Å². The average Bonchev–Trinajstić information content (AvgIpc) is 3.99. The largest absolute Gasteiger partial charge is 0.308 e. The molecular weight excluding hydrogens is 727 g/mol. The molecule has 6 heteroatoms. The number of rotatable bonds is 2. The van der Waals surface area contributed by atoms with Gasteiger partial charge in [-0.1, -0.05) is 121 Å². The third-order valence-electron chi connectivity index (χ3n) is 12.7. The van der Waals surface area contributed by atoms with Crippen molar-refractivity contribution in [2.45, 2.75) is 12.8 Å². The van der Waals surface area contributed by atoms with E-state index in [2.05, 4.69) is 178 Å². The lowest BCUT2D eigenvalue weighted by atomic mass is 9.91. The van der Waals surface area contributed by atoms with Crippen LogP contribution in [0.4, 0.5) is 0 Å². The van der Waals surface area contributed by atoms with E-state index in [1.807, 2.05) is 0 Å². The molecular formula is C52H31N5S. The zero-order valence-electron chi connectivity index (χ0n) is 31.1. The van der Waals surface area contributed by atoms with E-state index in [0.717, 1.165) is 56.8 Å². The van der Waals surface area contributed by atoms with Gasteiger partial charge in [0.2, 0.25) is 0 Å². The summed E-state index contributed by atoms with van der Waals surface area (Å²) in [5.41, 5.74) is 15.4. The van der Waals surface area contributed by atoms with E-state index in [1.165, 1.54) is 81.9 Å². The van der Waals surface area contributed by atoms with Crippen molar-refractivity contribution in [3.8, 4) is 39.6 Å². The van der Waals surface area contributed by atoms with Gasteiger partial charge in [0.05, 0.1) is 39.0 Å². The number of hydrogen-bond donors (Lipinski definition) is 0. The first-order valence-electron chi connectivity index (χ1n) is 20.0. The Balaban J connectivity index is 1.22. The van der Waals surface area contributed by atoms with Crippen LogP contribution in [0.2, 0.25) is 0 Å². The summed E-state index contributed by atoms with van der Waals surface area (Å²) in [6, 6.07) is 55.5. The van der Waals surface area contributed by atoms with E-state index in [0.29, 0.717) is 0 Å². The van der Waals surface area contributed by atoms with Crippen molar-refractivity contribution in [3.05, 3.63) is 169 Å². The average molecular weight is 758 g/mol. The van der Waals surface area contributed by atoms with Gasteiger partial charge < -0.3 is 4.57 Å². The van der Waals surface area contributed by atoms with Crippen molar-refractivity contribution in [3.63, 3.8) is 0 Å². The number of benzene rings is 7. The summed E-state index contributed by atoms with van der Waals surface area (Å²) >= 11 is 1.72. The Labute approximate surface area is 336 Å². The molecule has 0 fully saturated rings. The number of aryl methyl sites for hydroxylation is 1. The lowest BCUT2D eigenvalue weighted by Crippen LogP contribution is -2.10. The van der Waals surface area contributed by atoms with Crippen LogP contribution in [0.25, 0.3) is 121 Å². The molecule has 7 aromatic carbocycles. The van der Waals surface area contributed by atoms with Crippen LogP contribution in [-0.2, 0) is 6.42 Å². The summed E-state index contributed by atoms with van der Waals surface area (Å²) in [7, 11) is 0. The molecule has 0 radical (unpaired) electrons. The van der Waals surface area contributed by atoms with Crippen molar-refractivity contribution in [1.29, 1.82) is 0 Å². The Morgan fingerprint density at radius 1 is 0.500 bits per heavy atom. The smallest absolute Gasteiger partial charge is 0.183 e. The number of hydrogen-bond acceptors (Lipinski definition) is 3. The number of para-hydroxylation sites is 4. The molecule has 0 saturated heterocycles. The van der Waals surface area contributed by atoms with E-state index in [9.17, 15) is 0 Å². The third kappa shape index (κ3) is 3.85. The van der Waals surface area contributed by atoms with Crippen LogP contribution in [0.5, 0.6) is 0 Å². The lowest BCUT2D eigenvalue weighted by molar-refractivity contribution is 0.934. The molecule has 1 aliphatic carbocycles. The summed E-state index contributed by atoms with van der Waals surface area (Å²) < 4.78 is 8.52. The van der Waals surface area contributed by atoms with Gasteiger partial charge in [-0.3, -0.25) is 9.13 Å². The minimum Gasteiger partial charge on any atom is -0.308 e. The summed E-state index contributed by atoms with van der Waals surface area (Å²) in [5, 5.41) is 7.27. The van der Waals surface area contributed by atoms with E-state index < -0.39 is 0 Å². The van der Waals surface area contributed by atoms with Crippen molar-refractivity contribution in [2.75, 3.05) is 0 Å². The standard InChI is InChI=1S/C52H31N5S/c1-2-20-35-30(15-1)31-16-3-9-23-39(31)55-40-24-10-6-19-34(40)38-29-44-46(47(35)49(38)55)36-21-7-13-27-43(36)57(44)51-50(53-48-37-22-8-14-28-45(37)58-52(48)54-51)56-41-25-11-4-17-32(41)33-18-5-12-26-42(33)56/h1-4,6-17,19-29H,5,18H2. The highest BCUT2D eigenvalue weighted by atomic mass is 32.1. The molecule has 0 spiro atoms. The number of allylic oxidation sites excluding steroid dienone is 1. The highest BCUT2D eigenvalue weighted by Gasteiger charge is 2.31. The number of thiophene rings is 1. The Morgan fingerprint density at radius 2 is 1.14 bits per heavy atom. The van der Waals surface area contributed by atoms with Crippen LogP contribution < -0.4 is 0 Å². The fourth-order valence-corrected chi connectivity index (χ4v) is 11.4. The highest BCUT2D eigenvalue weighted by Crippen LogP contribution is 2.52. The first kappa shape index (κ1) is 30.9. The van der Waals surface area contributed by atoms with Crippen molar-refractivity contribution < 1.29 is 0 Å². The molecule has 6 heterocycles. The van der Waals surface area contributed by atoms with Crippen LogP contribution >= 0.6 is 11.3 Å². The molecule has 0 bridgehead atoms. The van der Waals surface area contributed by atoms with Crippen LogP contribution in [0.15, 0.2) is 158 Å². The zero-order valence-corrected chi connectivity index (χ0v) is 32.0. The Kier molecular flexibility index (Phi) is 5.96. The first-order valence-corrected chi connectivity index (χ1v) is 20.8. The fraction of sp³-hybridized carbons (Fsp3) is 0.0385. The maximum absolute atomic E-state index is 5.75. The van der Waals surface area contributed by atoms with Gasteiger partial charge in [-0.05, 0) is 72.0 Å². The molecule has 1 aliphatic heterocycles. The zero-order chi connectivity index (χ0) is 37.6. The fourth-order valence-electron chi connectivity index (χ4n) is 10.4. The lowest BCUT2D eigenvalue weighted by Gasteiger charge is -2.17. The summed E-state index contributed by atoms with van der Waals surface area (Å²) in [5.74, 6) is 1.66. The second-order valence-corrected chi connectivity index (χ2v) is 16.6. The monoisotopic (exact) mass is 757 g/mol. The number of nitrogens with zero attached hydrogens (tertiary/aromatic N) is 5. The number of aromatic nitrogens is 5. The molecule has 12 aromatic rings. The molecule has 0 saturated carbocycles. The molecule has 14 rings (SSSR count). The molecule has 0 unspecified atom stereocenters. The van der Waals surface area contributed by atoms with Gasteiger partial charge >= 0.3 is 0 Å². The third-order valence-corrected chi connectivity index (χ3v) is 13.7. The summed E-state index contributed by atoms with van der Waals surface area (Å²) in [6.45, 7) is 0. The van der Waals surface area contributed by atoms with E-state index in [1.54, 1.807) is 11.3 Å². The van der Waals surface area contributed by atoms with E-state index >= 15 is 0 Å².